The summed E-state index contributed by atoms with van der Waals surface area (Å²) < 4.78 is 5.17. The summed E-state index contributed by atoms with van der Waals surface area (Å²) in [6, 6.07) is 5.81. The number of fused-ring (bicyclic) bond motifs is 1. The standard InChI is InChI=1S/C12H15N3O/c1-13-6-5-12-14-8-9-3-4-10(16-2)7-11(9)15-12/h3-4,7-8,13H,5-6H2,1-2H3. The van der Waals surface area contributed by atoms with Crippen molar-refractivity contribution >= 4 is 10.9 Å². The first-order valence-electron chi connectivity index (χ1n) is 5.28. The second-order valence-electron chi connectivity index (χ2n) is 3.56. The van der Waals surface area contributed by atoms with Crippen molar-refractivity contribution in [1.29, 1.82) is 0 Å². The molecule has 0 saturated heterocycles. The van der Waals surface area contributed by atoms with Crippen LogP contribution >= 0.6 is 0 Å². The van der Waals surface area contributed by atoms with Crippen LogP contribution in [0, 0.1) is 0 Å². The van der Waals surface area contributed by atoms with Crippen molar-refractivity contribution in [2.24, 2.45) is 0 Å². The van der Waals surface area contributed by atoms with Gasteiger partial charge >= 0.3 is 0 Å². The van der Waals surface area contributed by atoms with E-state index in [2.05, 4.69) is 15.3 Å². The number of hydrogen-bond acceptors (Lipinski definition) is 4. The fraction of sp³-hybridized carbons (Fsp3) is 0.333. The molecule has 2 aromatic rings. The summed E-state index contributed by atoms with van der Waals surface area (Å²) in [7, 11) is 3.58. The summed E-state index contributed by atoms with van der Waals surface area (Å²) in [5, 5.41) is 4.12. The highest BCUT2D eigenvalue weighted by Crippen LogP contribution is 2.18. The summed E-state index contributed by atoms with van der Waals surface area (Å²) in [4.78, 5) is 8.80. The van der Waals surface area contributed by atoms with Crippen molar-refractivity contribution < 1.29 is 4.74 Å². The van der Waals surface area contributed by atoms with Gasteiger partial charge in [-0.1, -0.05) is 0 Å². The predicted octanol–water partition coefficient (Wildman–Crippen LogP) is 1.40. The molecule has 1 heterocycles. The highest BCUT2D eigenvalue weighted by atomic mass is 16.5. The Morgan fingerprint density at radius 1 is 1.38 bits per heavy atom. The number of ether oxygens (including phenoxy) is 1. The number of hydrogen-bond donors (Lipinski definition) is 1. The zero-order valence-electron chi connectivity index (χ0n) is 9.53. The zero-order valence-corrected chi connectivity index (χ0v) is 9.53. The quantitative estimate of drug-likeness (QED) is 0.841. The minimum Gasteiger partial charge on any atom is -0.497 e. The lowest BCUT2D eigenvalue weighted by molar-refractivity contribution is 0.415. The fourth-order valence-corrected chi connectivity index (χ4v) is 1.53. The van der Waals surface area contributed by atoms with Crippen LogP contribution in [0.3, 0.4) is 0 Å². The first kappa shape index (κ1) is 10.8. The Kier molecular flexibility index (Phi) is 3.31. The molecule has 0 amide bonds. The van der Waals surface area contributed by atoms with Gasteiger partial charge in [-0.25, -0.2) is 9.97 Å². The average molecular weight is 217 g/mol. The molecule has 0 fully saturated rings. The van der Waals surface area contributed by atoms with Gasteiger partial charge in [0.25, 0.3) is 0 Å². The molecule has 0 spiro atoms. The van der Waals surface area contributed by atoms with Crippen LogP contribution in [-0.2, 0) is 6.42 Å². The predicted molar refractivity (Wildman–Crippen MR) is 63.7 cm³/mol. The van der Waals surface area contributed by atoms with Gasteiger partial charge in [0.2, 0.25) is 0 Å². The molecular weight excluding hydrogens is 202 g/mol. The lowest BCUT2D eigenvalue weighted by Crippen LogP contribution is -2.12. The third-order valence-corrected chi connectivity index (χ3v) is 2.44. The Bertz CT molecular complexity index is 485. The van der Waals surface area contributed by atoms with Crippen LogP contribution in [0.25, 0.3) is 10.9 Å². The first-order chi connectivity index (χ1) is 7.83. The van der Waals surface area contributed by atoms with E-state index in [9.17, 15) is 0 Å². The van der Waals surface area contributed by atoms with Crippen LogP contribution in [-0.4, -0.2) is 30.7 Å². The van der Waals surface area contributed by atoms with E-state index in [0.29, 0.717) is 0 Å². The number of methoxy groups -OCH3 is 1. The van der Waals surface area contributed by atoms with Crippen molar-refractivity contribution in [2.75, 3.05) is 20.7 Å². The largest absolute Gasteiger partial charge is 0.497 e. The van der Waals surface area contributed by atoms with Gasteiger partial charge in [0.05, 0.1) is 12.6 Å². The minimum absolute atomic E-state index is 0.825. The molecule has 2 rings (SSSR count). The van der Waals surface area contributed by atoms with Gasteiger partial charge in [-0.15, -0.1) is 0 Å². The number of rotatable bonds is 4. The first-order valence-corrected chi connectivity index (χ1v) is 5.28. The molecule has 1 aromatic heterocycles. The summed E-state index contributed by atoms with van der Waals surface area (Å²) >= 11 is 0. The molecule has 1 N–H and O–H groups in total. The maximum atomic E-state index is 5.17. The van der Waals surface area contributed by atoms with E-state index < -0.39 is 0 Å². The molecule has 0 aliphatic carbocycles. The van der Waals surface area contributed by atoms with Crippen LogP contribution in [0.15, 0.2) is 24.4 Å². The zero-order chi connectivity index (χ0) is 11.4. The summed E-state index contributed by atoms with van der Waals surface area (Å²) in [6.45, 7) is 0.884. The third-order valence-electron chi connectivity index (χ3n) is 2.44. The van der Waals surface area contributed by atoms with Crippen molar-refractivity contribution in [3.05, 3.63) is 30.2 Å². The molecular formula is C12H15N3O. The Morgan fingerprint density at radius 3 is 3.00 bits per heavy atom. The molecule has 4 nitrogen and oxygen atoms in total. The van der Waals surface area contributed by atoms with Gasteiger partial charge in [-0.3, -0.25) is 0 Å². The third kappa shape index (κ3) is 2.28. The molecule has 4 heteroatoms. The van der Waals surface area contributed by atoms with Crippen molar-refractivity contribution in [2.45, 2.75) is 6.42 Å². The number of nitrogens with zero attached hydrogens (tertiary/aromatic N) is 2. The van der Waals surface area contributed by atoms with E-state index in [-0.39, 0.29) is 0 Å². The second-order valence-corrected chi connectivity index (χ2v) is 3.56. The molecule has 16 heavy (non-hydrogen) atoms. The van der Waals surface area contributed by atoms with E-state index in [1.165, 1.54) is 0 Å². The van der Waals surface area contributed by atoms with Gasteiger partial charge in [0.15, 0.2) is 0 Å². The van der Waals surface area contributed by atoms with E-state index >= 15 is 0 Å². The van der Waals surface area contributed by atoms with E-state index in [0.717, 1.165) is 35.4 Å². The molecule has 0 saturated carbocycles. The summed E-state index contributed by atoms with van der Waals surface area (Å²) in [5.74, 6) is 1.68. The maximum Gasteiger partial charge on any atom is 0.130 e. The molecule has 84 valence electrons. The number of benzene rings is 1. The lowest BCUT2D eigenvalue weighted by atomic mass is 10.2. The summed E-state index contributed by atoms with van der Waals surface area (Å²) in [6.07, 6.45) is 2.69. The molecule has 1 aromatic carbocycles. The Hall–Kier alpha value is -1.68. The van der Waals surface area contributed by atoms with E-state index in [1.807, 2.05) is 31.4 Å². The average Bonchev–Trinajstić information content (AvgIpc) is 2.35. The fourth-order valence-electron chi connectivity index (χ4n) is 1.53. The van der Waals surface area contributed by atoms with Crippen LogP contribution in [0.5, 0.6) is 5.75 Å². The minimum atomic E-state index is 0.825. The van der Waals surface area contributed by atoms with Gasteiger partial charge in [0, 0.05) is 30.6 Å². The van der Waals surface area contributed by atoms with Gasteiger partial charge < -0.3 is 10.1 Å². The smallest absolute Gasteiger partial charge is 0.130 e. The molecule has 0 unspecified atom stereocenters. The Balaban J connectivity index is 2.35. The van der Waals surface area contributed by atoms with Crippen molar-refractivity contribution in [3.63, 3.8) is 0 Å². The van der Waals surface area contributed by atoms with Crippen molar-refractivity contribution in [3.8, 4) is 5.75 Å². The monoisotopic (exact) mass is 217 g/mol. The van der Waals surface area contributed by atoms with Crippen molar-refractivity contribution in [1.82, 2.24) is 15.3 Å². The lowest BCUT2D eigenvalue weighted by Gasteiger charge is -2.04. The Morgan fingerprint density at radius 2 is 2.25 bits per heavy atom. The van der Waals surface area contributed by atoms with E-state index in [4.69, 9.17) is 4.74 Å². The van der Waals surface area contributed by atoms with Gasteiger partial charge in [-0.2, -0.15) is 0 Å². The molecule has 0 bridgehead atoms. The highest BCUT2D eigenvalue weighted by molar-refractivity contribution is 5.79. The Labute approximate surface area is 94.7 Å². The number of likely N-dealkylation sites (N-methyl/N-ethyl adjacent to an activating group) is 1. The molecule has 0 radical (unpaired) electrons. The SMILES string of the molecule is CNCCc1ncc2ccc(OC)cc2n1. The van der Waals surface area contributed by atoms with Crippen LogP contribution in [0.1, 0.15) is 5.82 Å². The summed E-state index contributed by atoms with van der Waals surface area (Å²) in [5.41, 5.74) is 0.931. The van der Waals surface area contributed by atoms with Crippen LogP contribution in [0.4, 0.5) is 0 Å². The second kappa shape index (κ2) is 4.90. The normalized spacial score (nSPS) is 10.6. The maximum absolute atomic E-state index is 5.17. The topological polar surface area (TPSA) is 47.0 Å². The molecule has 0 atom stereocenters. The number of nitrogens with one attached hydrogen (secondary N) is 1. The van der Waals surface area contributed by atoms with Crippen LogP contribution < -0.4 is 10.1 Å². The van der Waals surface area contributed by atoms with Gasteiger partial charge in [0.1, 0.15) is 11.6 Å². The van der Waals surface area contributed by atoms with Gasteiger partial charge in [-0.05, 0) is 19.2 Å². The van der Waals surface area contributed by atoms with Crippen LogP contribution in [0.2, 0.25) is 0 Å². The van der Waals surface area contributed by atoms with E-state index in [1.54, 1.807) is 7.11 Å². The highest BCUT2D eigenvalue weighted by Gasteiger charge is 2.01. The number of aromatic nitrogens is 2. The molecule has 0 aliphatic rings. The molecule has 0 aliphatic heterocycles.